The Hall–Kier alpha value is -1.89. The number of rotatable bonds is 5. The summed E-state index contributed by atoms with van der Waals surface area (Å²) in [5, 5.41) is 16.3. The third kappa shape index (κ3) is 3.61. The van der Waals surface area contributed by atoms with E-state index in [1.54, 1.807) is 17.1 Å². The lowest BCUT2D eigenvalue weighted by atomic mass is 9.66. The van der Waals surface area contributed by atoms with Crippen molar-refractivity contribution in [3.63, 3.8) is 0 Å². The molecule has 1 amide bonds. The van der Waals surface area contributed by atoms with E-state index in [-0.39, 0.29) is 23.5 Å². The predicted octanol–water partition coefficient (Wildman–Crippen LogP) is 1.68. The Morgan fingerprint density at radius 2 is 2.21 bits per heavy atom. The van der Waals surface area contributed by atoms with Crippen LogP contribution in [0.25, 0.3) is 0 Å². The summed E-state index contributed by atoms with van der Waals surface area (Å²) in [6, 6.07) is 0.0226. The third-order valence-corrected chi connectivity index (χ3v) is 4.86. The van der Waals surface area contributed by atoms with Crippen molar-refractivity contribution in [1.29, 1.82) is 0 Å². The van der Waals surface area contributed by atoms with Gasteiger partial charge in [0.1, 0.15) is 0 Å². The van der Waals surface area contributed by atoms with E-state index < -0.39 is 5.97 Å². The van der Waals surface area contributed by atoms with Crippen LogP contribution in [-0.2, 0) is 16.1 Å². The Morgan fingerprint density at radius 1 is 1.46 bits per heavy atom. The summed E-state index contributed by atoms with van der Waals surface area (Å²) in [5.41, 5.74) is 0.203. The van der Waals surface area contributed by atoms with Crippen LogP contribution in [0.2, 0.25) is 0 Å². The lowest BCUT2D eigenvalue weighted by Crippen LogP contribution is -2.56. The van der Waals surface area contributed by atoms with Gasteiger partial charge in [-0.1, -0.05) is 13.8 Å². The third-order valence-electron chi connectivity index (χ3n) is 4.86. The summed E-state index contributed by atoms with van der Waals surface area (Å²) < 4.78 is 7.60. The summed E-state index contributed by atoms with van der Waals surface area (Å²) in [6.07, 6.45) is 5.89. The van der Waals surface area contributed by atoms with E-state index in [2.05, 4.69) is 24.3 Å². The molecule has 1 saturated carbocycles. The average molecular weight is 335 g/mol. The average Bonchev–Trinajstić information content (AvgIpc) is 2.92. The molecule has 2 N–H and O–H groups in total. The van der Waals surface area contributed by atoms with E-state index in [0.29, 0.717) is 37.4 Å². The standard InChI is InChI=1S/C17H25N3O4/c1-11(2)9-20-10-13(8-18-20)15(21)19-14-3-4-24-17(7-14)5-12(6-17)16(22)23/h8,10-12,14H,3-7,9H2,1-2H3,(H,19,21)(H,22,23). The van der Waals surface area contributed by atoms with E-state index in [9.17, 15) is 9.59 Å². The number of nitrogens with one attached hydrogen (secondary N) is 1. The van der Waals surface area contributed by atoms with Gasteiger partial charge in [-0.2, -0.15) is 5.10 Å². The highest BCUT2D eigenvalue weighted by Gasteiger charge is 2.51. The van der Waals surface area contributed by atoms with Gasteiger partial charge in [0.2, 0.25) is 0 Å². The topological polar surface area (TPSA) is 93.5 Å². The normalized spacial score (nSPS) is 29.5. The van der Waals surface area contributed by atoms with Gasteiger partial charge < -0.3 is 15.2 Å². The second-order valence-electron chi connectivity index (χ2n) is 7.48. The Bertz CT molecular complexity index is 619. The number of hydrogen-bond acceptors (Lipinski definition) is 4. The van der Waals surface area contributed by atoms with Gasteiger partial charge in [-0.05, 0) is 31.6 Å². The molecule has 0 radical (unpaired) electrons. The van der Waals surface area contributed by atoms with E-state index in [1.165, 1.54) is 0 Å². The van der Waals surface area contributed by atoms with Gasteiger partial charge in [0, 0.05) is 25.4 Å². The number of carbonyl (C=O) groups is 2. The van der Waals surface area contributed by atoms with E-state index >= 15 is 0 Å². The zero-order valence-electron chi connectivity index (χ0n) is 14.2. The fourth-order valence-electron chi connectivity index (χ4n) is 3.67. The molecule has 24 heavy (non-hydrogen) atoms. The van der Waals surface area contributed by atoms with Gasteiger partial charge in [0.15, 0.2) is 0 Å². The molecule has 1 aromatic rings. The van der Waals surface area contributed by atoms with Crippen LogP contribution in [0.3, 0.4) is 0 Å². The second kappa shape index (κ2) is 6.55. The van der Waals surface area contributed by atoms with E-state index in [4.69, 9.17) is 9.84 Å². The molecule has 2 aliphatic rings. The minimum atomic E-state index is -0.757. The molecule has 2 heterocycles. The first-order valence-corrected chi connectivity index (χ1v) is 8.57. The van der Waals surface area contributed by atoms with Crippen molar-refractivity contribution >= 4 is 11.9 Å². The number of carbonyl (C=O) groups excluding carboxylic acids is 1. The molecule has 1 atom stereocenters. The Balaban J connectivity index is 1.55. The van der Waals surface area contributed by atoms with Crippen LogP contribution in [0.15, 0.2) is 12.4 Å². The first-order valence-electron chi connectivity index (χ1n) is 8.57. The maximum absolute atomic E-state index is 12.4. The smallest absolute Gasteiger partial charge is 0.306 e. The predicted molar refractivity (Wildman–Crippen MR) is 86.6 cm³/mol. The number of hydrogen-bond donors (Lipinski definition) is 2. The molecule has 132 valence electrons. The number of ether oxygens (including phenoxy) is 1. The van der Waals surface area contributed by atoms with E-state index in [0.717, 1.165) is 13.0 Å². The first-order chi connectivity index (χ1) is 11.4. The molecule has 1 unspecified atom stereocenters. The number of aliphatic carboxylic acids is 1. The molecule has 1 aromatic heterocycles. The van der Waals surface area contributed by atoms with Gasteiger partial charge in [0.25, 0.3) is 5.91 Å². The number of amides is 1. The second-order valence-corrected chi connectivity index (χ2v) is 7.48. The van der Waals surface area contributed by atoms with Crippen molar-refractivity contribution in [1.82, 2.24) is 15.1 Å². The van der Waals surface area contributed by atoms with Crippen LogP contribution in [0.1, 0.15) is 49.9 Å². The monoisotopic (exact) mass is 335 g/mol. The summed E-state index contributed by atoms with van der Waals surface area (Å²) in [7, 11) is 0. The molecule has 7 heteroatoms. The van der Waals surface area contributed by atoms with Crippen molar-refractivity contribution in [2.45, 2.75) is 57.7 Å². The molecule has 1 saturated heterocycles. The minimum absolute atomic E-state index is 0.0226. The largest absolute Gasteiger partial charge is 0.481 e. The van der Waals surface area contributed by atoms with Crippen LogP contribution in [0.4, 0.5) is 0 Å². The van der Waals surface area contributed by atoms with Crippen LogP contribution in [0, 0.1) is 11.8 Å². The minimum Gasteiger partial charge on any atom is -0.481 e. The van der Waals surface area contributed by atoms with Gasteiger partial charge in [-0.25, -0.2) is 0 Å². The SMILES string of the molecule is CC(C)Cn1cc(C(=O)NC2CCOC3(C2)CC(C(=O)O)C3)cn1. The molecule has 1 aliphatic heterocycles. The summed E-state index contributed by atoms with van der Waals surface area (Å²) >= 11 is 0. The molecule has 1 aliphatic carbocycles. The van der Waals surface area contributed by atoms with Crippen LogP contribution in [-0.4, -0.2) is 45.0 Å². The maximum Gasteiger partial charge on any atom is 0.306 e. The molecule has 7 nitrogen and oxygen atoms in total. The lowest BCUT2D eigenvalue weighted by molar-refractivity contribution is -0.181. The Labute approximate surface area is 141 Å². The highest BCUT2D eigenvalue weighted by molar-refractivity contribution is 5.93. The number of aromatic nitrogens is 2. The molecule has 0 aromatic carbocycles. The summed E-state index contributed by atoms with van der Waals surface area (Å²) in [5.74, 6) is -0.722. The maximum atomic E-state index is 12.4. The van der Waals surface area contributed by atoms with Gasteiger partial charge in [0.05, 0.1) is 23.3 Å². The fraction of sp³-hybridized carbons (Fsp3) is 0.706. The highest BCUT2D eigenvalue weighted by atomic mass is 16.5. The van der Waals surface area contributed by atoms with Crippen molar-refractivity contribution < 1.29 is 19.4 Å². The fourth-order valence-corrected chi connectivity index (χ4v) is 3.67. The quantitative estimate of drug-likeness (QED) is 0.854. The zero-order chi connectivity index (χ0) is 17.3. The summed E-state index contributed by atoms with van der Waals surface area (Å²) in [6.45, 7) is 5.55. The van der Waals surface area contributed by atoms with Gasteiger partial charge >= 0.3 is 5.97 Å². The molecule has 1 spiro atoms. The van der Waals surface area contributed by atoms with Crippen LogP contribution < -0.4 is 5.32 Å². The van der Waals surface area contributed by atoms with Crippen molar-refractivity contribution in [2.24, 2.45) is 11.8 Å². The summed E-state index contributed by atoms with van der Waals surface area (Å²) in [4.78, 5) is 23.4. The highest BCUT2D eigenvalue weighted by Crippen LogP contribution is 2.46. The Morgan fingerprint density at radius 3 is 2.88 bits per heavy atom. The van der Waals surface area contributed by atoms with E-state index in [1.807, 2.05) is 0 Å². The zero-order valence-corrected chi connectivity index (χ0v) is 14.2. The van der Waals surface area contributed by atoms with Gasteiger partial charge in [-0.15, -0.1) is 0 Å². The molecular formula is C17H25N3O4. The number of nitrogens with zero attached hydrogens (tertiary/aromatic N) is 2. The molecule has 0 bridgehead atoms. The number of carboxylic acids is 1. The van der Waals surface area contributed by atoms with Crippen LogP contribution >= 0.6 is 0 Å². The van der Waals surface area contributed by atoms with Crippen molar-refractivity contribution in [2.75, 3.05) is 6.61 Å². The van der Waals surface area contributed by atoms with Gasteiger partial charge in [-0.3, -0.25) is 14.3 Å². The van der Waals surface area contributed by atoms with Crippen LogP contribution in [0.5, 0.6) is 0 Å². The molecule has 2 fully saturated rings. The lowest BCUT2D eigenvalue weighted by Gasteiger charge is -2.50. The molecule has 3 rings (SSSR count). The molecular weight excluding hydrogens is 310 g/mol. The van der Waals surface area contributed by atoms with Crippen molar-refractivity contribution in [3.05, 3.63) is 18.0 Å². The number of carboxylic acid groups (broad SMARTS) is 1. The van der Waals surface area contributed by atoms with Crippen molar-refractivity contribution in [3.8, 4) is 0 Å². The first kappa shape index (κ1) is 17.0. The Kier molecular flexibility index (Phi) is 4.62.